The average molecular weight is 314 g/mol. The van der Waals surface area contributed by atoms with Crippen LogP contribution in [0.2, 0.25) is 0 Å². The second-order valence-corrected chi connectivity index (χ2v) is 5.62. The molecule has 1 aliphatic rings. The molecule has 1 aromatic rings. The monoisotopic (exact) mass is 314 g/mol. The SMILES string of the molecule is CC1[C@H](NC(=O)Cc2ccccc2)C(=O)N1OS(=O)(=O)O. The maximum absolute atomic E-state index is 11.8. The van der Waals surface area contributed by atoms with Gasteiger partial charge in [-0.2, -0.15) is 13.5 Å². The second-order valence-electron chi connectivity index (χ2n) is 4.61. The van der Waals surface area contributed by atoms with Crippen molar-refractivity contribution < 1.29 is 26.8 Å². The standard InChI is InChI=1S/C12H14N2O6S/c1-8-11(12(16)14(8)20-21(17,18)19)13-10(15)7-9-5-3-2-4-6-9/h2-6,8,11H,7H2,1H3,(H,13,15)(H,17,18,19)/t8?,11-/m0/s1. The number of benzene rings is 1. The predicted molar refractivity (Wildman–Crippen MR) is 71.0 cm³/mol. The summed E-state index contributed by atoms with van der Waals surface area (Å²) in [6.45, 7) is 1.49. The molecule has 0 bridgehead atoms. The van der Waals surface area contributed by atoms with Gasteiger partial charge in [0.25, 0.3) is 5.91 Å². The van der Waals surface area contributed by atoms with Crippen molar-refractivity contribution >= 4 is 22.2 Å². The highest BCUT2D eigenvalue weighted by Gasteiger charge is 2.48. The van der Waals surface area contributed by atoms with Gasteiger partial charge in [0, 0.05) is 0 Å². The van der Waals surface area contributed by atoms with Crippen molar-refractivity contribution in [2.24, 2.45) is 0 Å². The lowest BCUT2D eigenvalue weighted by Gasteiger charge is -2.42. The first-order valence-electron chi connectivity index (χ1n) is 6.11. The molecule has 1 aromatic carbocycles. The van der Waals surface area contributed by atoms with Crippen LogP contribution in [0.1, 0.15) is 12.5 Å². The van der Waals surface area contributed by atoms with Gasteiger partial charge in [-0.05, 0) is 12.5 Å². The quantitative estimate of drug-likeness (QED) is 0.569. The summed E-state index contributed by atoms with van der Waals surface area (Å²) in [5.41, 5.74) is 0.792. The van der Waals surface area contributed by atoms with E-state index >= 15 is 0 Å². The molecule has 0 aliphatic carbocycles. The minimum atomic E-state index is -4.76. The van der Waals surface area contributed by atoms with E-state index in [9.17, 15) is 18.0 Å². The van der Waals surface area contributed by atoms with Gasteiger partial charge in [-0.3, -0.25) is 14.1 Å². The summed E-state index contributed by atoms with van der Waals surface area (Å²) in [7, 11) is -4.76. The number of nitrogens with one attached hydrogen (secondary N) is 1. The summed E-state index contributed by atoms with van der Waals surface area (Å²) in [6.07, 6.45) is 0.108. The number of carbonyl (C=O) groups is 2. The van der Waals surface area contributed by atoms with Gasteiger partial charge in [0.1, 0.15) is 6.04 Å². The largest absolute Gasteiger partial charge is 0.418 e. The van der Waals surface area contributed by atoms with E-state index in [1.807, 2.05) is 6.07 Å². The van der Waals surface area contributed by atoms with Crippen molar-refractivity contribution in [3.63, 3.8) is 0 Å². The fourth-order valence-electron chi connectivity index (χ4n) is 1.99. The van der Waals surface area contributed by atoms with Gasteiger partial charge in [-0.15, -0.1) is 4.28 Å². The summed E-state index contributed by atoms with van der Waals surface area (Å²) in [5, 5.41) is 3.00. The first kappa shape index (κ1) is 15.4. The van der Waals surface area contributed by atoms with Crippen LogP contribution in [0.15, 0.2) is 30.3 Å². The van der Waals surface area contributed by atoms with Gasteiger partial charge in [0.2, 0.25) is 5.91 Å². The minimum Gasteiger partial charge on any atom is -0.342 e. The Hall–Kier alpha value is -1.97. The molecular formula is C12H14N2O6S. The first-order chi connectivity index (χ1) is 9.78. The number of rotatable bonds is 5. The molecule has 1 saturated heterocycles. The fraction of sp³-hybridized carbons (Fsp3) is 0.333. The fourth-order valence-corrected chi connectivity index (χ4v) is 2.40. The zero-order chi connectivity index (χ0) is 15.6. The average Bonchev–Trinajstić information content (AvgIpc) is 2.42. The van der Waals surface area contributed by atoms with E-state index in [0.29, 0.717) is 5.06 Å². The van der Waals surface area contributed by atoms with Crippen molar-refractivity contribution in [2.75, 3.05) is 0 Å². The highest BCUT2D eigenvalue weighted by Crippen LogP contribution is 2.21. The lowest BCUT2D eigenvalue weighted by Crippen LogP contribution is -2.69. The molecule has 1 heterocycles. The van der Waals surface area contributed by atoms with E-state index in [2.05, 4.69) is 9.60 Å². The molecule has 2 atom stereocenters. The van der Waals surface area contributed by atoms with Crippen LogP contribution in [-0.2, 0) is 30.7 Å². The van der Waals surface area contributed by atoms with Crippen LogP contribution in [0.4, 0.5) is 0 Å². The number of nitrogens with zero attached hydrogens (tertiary/aromatic N) is 1. The van der Waals surface area contributed by atoms with Crippen LogP contribution < -0.4 is 5.32 Å². The van der Waals surface area contributed by atoms with Crippen molar-refractivity contribution in [1.82, 2.24) is 10.4 Å². The van der Waals surface area contributed by atoms with E-state index in [1.165, 1.54) is 6.92 Å². The van der Waals surface area contributed by atoms with Gasteiger partial charge in [0.05, 0.1) is 12.5 Å². The van der Waals surface area contributed by atoms with Crippen molar-refractivity contribution in [1.29, 1.82) is 0 Å². The topological polar surface area (TPSA) is 113 Å². The molecule has 1 unspecified atom stereocenters. The molecule has 21 heavy (non-hydrogen) atoms. The van der Waals surface area contributed by atoms with E-state index in [4.69, 9.17) is 4.55 Å². The molecule has 8 nitrogen and oxygen atoms in total. The molecule has 0 saturated carbocycles. The zero-order valence-electron chi connectivity index (χ0n) is 11.1. The smallest absolute Gasteiger partial charge is 0.342 e. The predicted octanol–water partition coefficient (Wildman–Crippen LogP) is -0.321. The normalized spacial score (nSPS) is 21.8. The number of hydrogen-bond acceptors (Lipinski definition) is 5. The number of hydrogen-bond donors (Lipinski definition) is 2. The number of hydroxylamine groups is 2. The highest BCUT2D eigenvalue weighted by molar-refractivity contribution is 7.80. The molecule has 0 spiro atoms. The Labute approximate surface area is 121 Å². The molecule has 114 valence electrons. The summed E-state index contributed by atoms with van der Waals surface area (Å²) in [4.78, 5) is 23.5. The van der Waals surface area contributed by atoms with Gasteiger partial charge < -0.3 is 5.32 Å². The van der Waals surface area contributed by atoms with Crippen LogP contribution in [-0.4, -0.2) is 41.9 Å². The van der Waals surface area contributed by atoms with E-state index in [1.54, 1.807) is 24.3 Å². The Balaban J connectivity index is 1.90. The zero-order valence-corrected chi connectivity index (χ0v) is 11.9. The number of carbonyl (C=O) groups excluding carboxylic acids is 2. The Kier molecular flexibility index (Phi) is 4.26. The Morgan fingerprint density at radius 1 is 1.38 bits per heavy atom. The van der Waals surface area contributed by atoms with Crippen molar-refractivity contribution in [2.45, 2.75) is 25.4 Å². The Morgan fingerprint density at radius 3 is 2.52 bits per heavy atom. The summed E-state index contributed by atoms with van der Waals surface area (Å²) in [5.74, 6) is -1.10. The van der Waals surface area contributed by atoms with Crippen molar-refractivity contribution in [3.8, 4) is 0 Å². The third-order valence-corrected chi connectivity index (χ3v) is 3.38. The molecule has 1 fully saturated rings. The number of amides is 2. The maximum atomic E-state index is 11.8. The van der Waals surface area contributed by atoms with Crippen LogP contribution >= 0.6 is 0 Å². The molecule has 2 amide bonds. The van der Waals surface area contributed by atoms with Crippen LogP contribution in [0, 0.1) is 0 Å². The maximum Gasteiger partial charge on any atom is 0.418 e. The lowest BCUT2D eigenvalue weighted by atomic mass is 10.00. The lowest BCUT2D eigenvalue weighted by molar-refractivity contribution is -0.196. The molecule has 9 heteroatoms. The molecule has 2 rings (SSSR count). The third kappa shape index (κ3) is 3.78. The molecule has 0 aromatic heterocycles. The molecule has 0 radical (unpaired) electrons. The highest BCUT2D eigenvalue weighted by atomic mass is 32.3. The second kappa shape index (κ2) is 5.80. The molecule has 2 N–H and O–H groups in total. The summed E-state index contributed by atoms with van der Waals surface area (Å²) < 4.78 is 33.7. The van der Waals surface area contributed by atoms with Crippen LogP contribution in [0.5, 0.6) is 0 Å². The summed E-state index contributed by atoms with van der Waals surface area (Å²) >= 11 is 0. The summed E-state index contributed by atoms with van der Waals surface area (Å²) in [6, 6.07) is 7.40. The van der Waals surface area contributed by atoms with Gasteiger partial charge in [-0.1, -0.05) is 30.3 Å². The van der Waals surface area contributed by atoms with Gasteiger partial charge >= 0.3 is 10.4 Å². The van der Waals surface area contributed by atoms with Gasteiger partial charge in [-0.25, -0.2) is 0 Å². The van der Waals surface area contributed by atoms with E-state index < -0.39 is 28.4 Å². The van der Waals surface area contributed by atoms with Crippen molar-refractivity contribution in [3.05, 3.63) is 35.9 Å². The van der Waals surface area contributed by atoms with E-state index in [0.717, 1.165) is 5.56 Å². The van der Waals surface area contributed by atoms with Gasteiger partial charge in [0.15, 0.2) is 0 Å². The van der Waals surface area contributed by atoms with Crippen LogP contribution in [0.25, 0.3) is 0 Å². The van der Waals surface area contributed by atoms with Crippen LogP contribution in [0.3, 0.4) is 0 Å². The third-order valence-electron chi connectivity index (χ3n) is 3.03. The van der Waals surface area contributed by atoms with E-state index in [-0.39, 0.29) is 12.3 Å². The Bertz CT molecular complexity index is 645. The first-order valence-corrected chi connectivity index (χ1v) is 7.48. The Morgan fingerprint density at radius 2 is 2.00 bits per heavy atom. The molecular weight excluding hydrogens is 300 g/mol. The molecule has 1 aliphatic heterocycles. The number of β-lactam (4-membered cyclic amide) rings is 1. The minimum absolute atomic E-state index is 0.108.